The van der Waals surface area contributed by atoms with Crippen LogP contribution in [0, 0.1) is 0 Å². The zero-order valence-corrected chi connectivity index (χ0v) is 5.40. The first-order valence-electron chi connectivity index (χ1n) is 3.14. The van der Waals surface area contributed by atoms with Crippen LogP contribution >= 0.6 is 0 Å². The minimum atomic E-state index is -0.0706. The lowest BCUT2D eigenvalue weighted by molar-refractivity contribution is 0.248. The Hall–Kier alpha value is -1.22. The molecule has 0 aromatic rings. The summed E-state index contributed by atoms with van der Waals surface area (Å²) in [6, 6.07) is 0. The van der Waals surface area contributed by atoms with E-state index in [-0.39, 0.29) is 6.17 Å². The smallest absolute Gasteiger partial charge is 0.200 e. The highest BCUT2D eigenvalue weighted by atomic mass is 16.5. The van der Waals surface area contributed by atoms with Crippen molar-refractivity contribution in [3.63, 3.8) is 0 Å². The number of nitrogens with two attached hydrogens (primary N) is 1. The molecule has 0 saturated carbocycles. The first kappa shape index (κ1) is 5.56. The van der Waals surface area contributed by atoms with Crippen LogP contribution in [0.5, 0.6) is 0 Å². The standard InChI is InChI=1S/C7H8N2O/c8-6-2-1-3-7-9(6)4-5-10-7/h1-6H,8H2/t6-/m0/s1. The molecule has 2 N–H and O–H groups in total. The molecule has 0 aromatic carbocycles. The highest BCUT2D eigenvalue weighted by molar-refractivity contribution is 5.21. The van der Waals surface area contributed by atoms with Gasteiger partial charge in [0.25, 0.3) is 0 Å². The van der Waals surface area contributed by atoms with Gasteiger partial charge in [-0.1, -0.05) is 6.08 Å². The van der Waals surface area contributed by atoms with E-state index in [2.05, 4.69) is 0 Å². The molecule has 0 aromatic heterocycles. The molecule has 0 fully saturated rings. The lowest BCUT2D eigenvalue weighted by Gasteiger charge is -2.23. The lowest BCUT2D eigenvalue weighted by Crippen LogP contribution is -2.35. The fraction of sp³-hybridized carbons (Fsp3) is 0.143. The third-order valence-corrected chi connectivity index (χ3v) is 1.53. The SMILES string of the molecule is N[C@@H]1C=CC=C2OC=CN21. The van der Waals surface area contributed by atoms with Crippen LogP contribution in [0.4, 0.5) is 0 Å². The summed E-state index contributed by atoms with van der Waals surface area (Å²) in [6.45, 7) is 0. The Bertz CT molecular complexity index is 230. The maximum absolute atomic E-state index is 5.69. The maximum atomic E-state index is 5.69. The first-order chi connectivity index (χ1) is 4.88. The van der Waals surface area contributed by atoms with E-state index in [0.29, 0.717) is 0 Å². The molecule has 0 amide bonds. The monoisotopic (exact) mass is 136 g/mol. The van der Waals surface area contributed by atoms with Gasteiger partial charge >= 0.3 is 0 Å². The van der Waals surface area contributed by atoms with Gasteiger partial charge in [0.1, 0.15) is 12.4 Å². The van der Waals surface area contributed by atoms with Gasteiger partial charge in [-0.05, 0) is 12.2 Å². The Kier molecular flexibility index (Phi) is 1.05. The second-order valence-electron chi connectivity index (χ2n) is 2.19. The summed E-state index contributed by atoms with van der Waals surface area (Å²) in [5.41, 5.74) is 5.69. The Morgan fingerprint density at radius 3 is 3.30 bits per heavy atom. The first-order valence-corrected chi connectivity index (χ1v) is 3.14. The number of hydrogen-bond donors (Lipinski definition) is 1. The van der Waals surface area contributed by atoms with Crippen molar-refractivity contribution in [2.45, 2.75) is 6.17 Å². The van der Waals surface area contributed by atoms with Crippen molar-refractivity contribution in [1.82, 2.24) is 4.90 Å². The molecule has 0 saturated heterocycles. The summed E-state index contributed by atoms with van der Waals surface area (Å²) in [6.07, 6.45) is 9.05. The van der Waals surface area contributed by atoms with Gasteiger partial charge < -0.3 is 10.5 Å². The van der Waals surface area contributed by atoms with E-state index in [1.165, 1.54) is 0 Å². The normalized spacial score (nSPS) is 27.9. The molecule has 2 heterocycles. The number of allylic oxidation sites excluding steroid dienone is 2. The van der Waals surface area contributed by atoms with Crippen LogP contribution in [-0.4, -0.2) is 11.1 Å². The van der Waals surface area contributed by atoms with Crippen LogP contribution in [-0.2, 0) is 4.74 Å². The molecule has 2 rings (SSSR count). The molecule has 0 unspecified atom stereocenters. The summed E-state index contributed by atoms with van der Waals surface area (Å²) in [7, 11) is 0. The zero-order valence-electron chi connectivity index (χ0n) is 5.40. The van der Waals surface area contributed by atoms with Gasteiger partial charge in [-0.3, -0.25) is 4.90 Å². The van der Waals surface area contributed by atoms with Crippen LogP contribution in [0.25, 0.3) is 0 Å². The Labute approximate surface area is 59.1 Å². The second kappa shape index (κ2) is 1.88. The van der Waals surface area contributed by atoms with Crippen LogP contribution in [0.3, 0.4) is 0 Å². The van der Waals surface area contributed by atoms with Gasteiger partial charge in [-0.2, -0.15) is 0 Å². The van der Waals surface area contributed by atoms with Gasteiger partial charge in [0.2, 0.25) is 5.88 Å². The van der Waals surface area contributed by atoms with E-state index in [1.807, 2.05) is 29.3 Å². The maximum Gasteiger partial charge on any atom is 0.200 e. The predicted octanol–water partition coefficient (Wildman–Crippen LogP) is 0.486. The fourth-order valence-corrected chi connectivity index (χ4v) is 1.02. The molecule has 0 aliphatic carbocycles. The summed E-state index contributed by atoms with van der Waals surface area (Å²) >= 11 is 0. The Balaban J connectivity index is 2.31. The van der Waals surface area contributed by atoms with E-state index in [0.717, 1.165) is 5.88 Å². The molecule has 10 heavy (non-hydrogen) atoms. The van der Waals surface area contributed by atoms with E-state index < -0.39 is 0 Å². The molecular weight excluding hydrogens is 128 g/mol. The molecule has 0 spiro atoms. The Morgan fingerprint density at radius 2 is 2.50 bits per heavy atom. The number of nitrogens with zero attached hydrogens (tertiary/aromatic N) is 1. The molecule has 52 valence electrons. The van der Waals surface area contributed by atoms with Gasteiger partial charge in [-0.15, -0.1) is 0 Å². The van der Waals surface area contributed by atoms with E-state index in [9.17, 15) is 0 Å². The summed E-state index contributed by atoms with van der Waals surface area (Å²) in [5, 5.41) is 0. The molecule has 1 atom stereocenters. The number of fused-ring (bicyclic) bond motifs is 1. The molecule has 2 aliphatic rings. The van der Waals surface area contributed by atoms with Crippen LogP contribution in [0.15, 0.2) is 36.6 Å². The molecule has 2 aliphatic heterocycles. The number of ether oxygens (including phenoxy) is 1. The second-order valence-corrected chi connectivity index (χ2v) is 2.19. The van der Waals surface area contributed by atoms with Crippen molar-refractivity contribution in [3.05, 3.63) is 36.6 Å². The zero-order chi connectivity index (χ0) is 6.97. The van der Waals surface area contributed by atoms with Crippen molar-refractivity contribution in [1.29, 1.82) is 0 Å². The van der Waals surface area contributed by atoms with Gasteiger partial charge in [0.15, 0.2) is 0 Å². The highest BCUT2D eigenvalue weighted by Crippen LogP contribution is 2.19. The fourth-order valence-electron chi connectivity index (χ4n) is 1.02. The van der Waals surface area contributed by atoms with E-state index >= 15 is 0 Å². The third-order valence-electron chi connectivity index (χ3n) is 1.53. The largest absolute Gasteiger partial charge is 0.447 e. The minimum Gasteiger partial charge on any atom is -0.447 e. The van der Waals surface area contributed by atoms with Crippen molar-refractivity contribution in [2.24, 2.45) is 5.73 Å². The predicted molar refractivity (Wildman–Crippen MR) is 37.3 cm³/mol. The molecular formula is C7H8N2O. The Morgan fingerprint density at radius 1 is 1.60 bits per heavy atom. The van der Waals surface area contributed by atoms with Crippen molar-refractivity contribution in [2.75, 3.05) is 0 Å². The van der Waals surface area contributed by atoms with Crippen LogP contribution < -0.4 is 5.73 Å². The van der Waals surface area contributed by atoms with Crippen molar-refractivity contribution in [3.8, 4) is 0 Å². The van der Waals surface area contributed by atoms with Gasteiger partial charge in [-0.25, -0.2) is 0 Å². The lowest BCUT2D eigenvalue weighted by atomic mass is 10.3. The summed E-state index contributed by atoms with van der Waals surface area (Å²) < 4.78 is 5.10. The average Bonchev–Trinajstić information content (AvgIpc) is 2.36. The highest BCUT2D eigenvalue weighted by Gasteiger charge is 2.19. The average molecular weight is 136 g/mol. The molecule has 0 bridgehead atoms. The summed E-state index contributed by atoms with van der Waals surface area (Å²) in [5.74, 6) is 0.801. The molecule has 0 radical (unpaired) electrons. The summed E-state index contributed by atoms with van der Waals surface area (Å²) in [4.78, 5) is 1.86. The van der Waals surface area contributed by atoms with Crippen molar-refractivity contribution >= 4 is 0 Å². The van der Waals surface area contributed by atoms with Gasteiger partial charge in [0, 0.05) is 6.20 Å². The molecule has 3 nitrogen and oxygen atoms in total. The van der Waals surface area contributed by atoms with Crippen LogP contribution in [0.2, 0.25) is 0 Å². The molecule has 3 heteroatoms. The van der Waals surface area contributed by atoms with Gasteiger partial charge in [0.05, 0.1) is 0 Å². The number of rotatable bonds is 0. The third kappa shape index (κ3) is 0.642. The van der Waals surface area contributed by atoms with E-state index in [4.69, 9.17) is 10.5 Å². The topological polar surface area (TPSA) is 38.5 Å². The van der Waals surface area contributed by atoms with Crippen molar-refractivity contribution < 1.29 is 4.74 Å². The van der Waals surface area contributed by atoms with Crippen LogP contribution in [0.1, 0.15) is 0 Å². The quantitative estimate of drug-likeness (QED) is 0.526. The number of hydrogen-bond acceptors (Lipinski definition) is 3. The minimum absolute atomic E-state index is 0.0706. The van der Waals surface area contributed by atoms with E-state index in [1.54, 1.807) is 6.26 Å².